The van der Waals surface area contributed by atoms with E-state index in [0.29, 0.717) is 17.2 Å². The van der Waals surface area contributed by atoms with Crippen LogP contribution in [0.3, 0.4) is 0 Å². The van der Waals surface area contributed by atoms with Crippen molar-refractivity contribution in [2.75, 3.05) is 5.32 Å². The van der Waals surface area contributed by atoms with E-state index in [2.05, 4.69) is 32.2 Å². The fraction of sp³-hybridized carbons (Fsp3) is 0.105. The summed E-state index contributed by atoms with van der Waals surface area (Å²) in [7, 11) is 0. The van der Waals surface area contributed by atoms with Crippen LogP contribution in [-0.2, 0) is 0 Å². The molecule has 8 nitrogen and oxygen atoms in total. The highest BCUT2D eigenvalue weighted by Crippen LogP contribution is 2.21. The molecule has 3 heterocycles. The molecule has 3 aromatic rings. The molecular formula is C19H17FN6O2. The van der Waals surface area contributed by atoms with Gasteiger partial charge in [-0.1, -0.05) is 6.07 Å². The van der Waals surface area contributed by atoms with E-state index < -0.39 is 11.7 Å². The predicted molar refractivity (Wildman–Crippen MR) is 103 cm³/mol. The number of nitrogens with one attached hydrogen (secondary N) is 1. The quantitative estimate of drug-likeness (QED) is 0.401. The highest BCUT2D eigenvalue weighted by Gasteiger charge is 2.16. The van der Waals surface area contributed by atoms with Crippen molar-refractivity contribution < 1.29 is 13.9 Å². The minimum Gasteiger partial charge on any atom is -0.460 e. The van der Waals surface area contributed by atoms with Gasteiger partial charge in [-0.15, -0.1) is 10.2 Å². The Bertz CT molecular complexity index is 1100. The van der Waals surface area contributed by atoms with Crippen LogP contribution in [0.15, 0.2) is 65.6 Å². The molecule has 9 heteroatoms. The lowest BCUT2D eigenvalue weighted by Crippen LogP contribution is -2.15. The Hall–Kier alpha value is -3.88. The van der Waals surface area contributed by atoms with E-state index in [0.717, 1.165) is 18.0 Å². The van der Waals surface area contributed by atoms with Crippen molar-refractivity contribution in [2.24, 2.45) is 4.99 Å². The first-order valence-electron chi connectivity index (χ1n) is 8.22. The van der Waals surface area contributed by atoms with Crippen molar-refractivity contribution in [3.8, 4) is 5.75 Å². The van der Waals surface area contributed by atoms with E-state index in [-0.39, 0.29) is 11.3 Å². The number of anilines is 1. The number of allylic oxidation sites excluding steroid dienone is 3. The van der Waals surface area contributed by atoms with Gasteiger partial charge in [0.1, 0.15) is 29.5 Å². The zero-order valence-electron chi connectivity index (χ0n) is 15.3. The van der Waals surface area contributed by atoms with Gasteiger partial charge in [0.05, 0.1) is 18.0 Å². The molecular weight excluding hydrogens is 363 g/mol. The van der Waals surface area contributed by atoms with Crippen LogP contribution in [0.25, 0.3) is 5.65 Å². The van der Waals surface area contributed by atoms with Gasteiger partial charge >= 0.3 is 0 Å². The Kier molecular flexibility index (Phi) is 5.54. The molecule has 1 N–H and O–H groups in total. The molecule has 0 unspecified atom stereocenters. The maximum atomic E-state index is 13.5. The van der Waals surface area contributed by atoms with Gasteiger partial charge in [-0.25, -0.2) is 9.37 Å². The summed E-state index contributed by atoms with van der Waals surface area (Å²) in [5.74, 6) is -0.0556. The van der Waals surface area contributed by atoms with Gasteiger partial charge < -0.3 is 10.1 Å². The number of ether oxygens (including phenoxy) is 1. The smallest absolute Gasteiger partial charge is 0.260 e. The Balaban J connectivity index is 1.92. The number of pyridine rings is 2. The van der Waals surface area contributed by atoms with Crippen molar-refractivity contribution in [1.29, 1.82) is 0 Å². The number of aryl methyl sites for hydroxylation is 1. The van der Waals surface area contributed by atoms with Crippen molar-refractivity contribution >= 4 is 24.1 Å². The molecule has 0 fully saturated rings. The molecule has 0 aliphatic heterocycles. The number of rotatable bonds is 6. The van der Waals surface area contributed by atoms with E-state index in [4.69, 9.17) is 4.74 Å². The molecule has 0 aliphatic rings. The SMILES string of the molecule is C=N/C=C(F)\C=C(/C)Oc1cc(C(=O)Nc2cccc(C)n2)c2nncn2c1. The van der Waals surface area contributed by atoms with Gasteiger partial charge in [0, 0.05) is 11.8 Å². The van der Waals surface area contributed by atoms with Crippen LogP contribution in [-0.4, -0.2) is 32.2 Å². The van der Waals surface area contributed by atoms with Gasteiger partial charge in [0.15, 0.2) is 5.65 Å². The fourth-order valence-electron chi connectivity index (χ4n) is 2.46. The van der Waals surface area contributed by atoms with Crippen LogP contribution < -0.4 is 10.1 Å². The molecule has 3 rings (SSSR count). The normalized spacial score (nSPS) is 12.1. The summed E-state index contributed by atoms with van der Waals surface area (Å²) in [4.78, 5) is 20.3. The Morgan fingerprint density at radius 3 is 3.00 bits per heavy atom. The highest BCUT2D eigenvalue weighted by molar-refractivity contribution is 6.08. The second-order valence-corrected chi connectivity index (χ2v) is 5.82. The molecule has 0 aliphatic carbocycles. The molecule has 0 spiro atoms. The number of amides is 1. The third-order valence-electron chi connectivity index (χ3n) is 3.58. The average molecular weight is 380 g/mol. The van der Waals surface area contributed by atoms with Gasteiger partial charge in [-0.05, 0) is 38.8 Å². The van der Waals surface area contributed by atoms with Crippen molar-refractivity contribution in [3.05, 3.63) is 71.9 Å². The van der Waals surface area contributed by atoms with E-state index in [1.807, 2.05) is 13.0 Å². The minimum atomic E-state index is -0.610. The third kappa shape index (κ3) is 4.44. The standard InChI is InChI=1S/C19H17FN6O2/c1-12-5-4-6-17(23-12)24-19(27)16-8-15(10-26-11-22-25-18(16)26)28-13(2)7-14(20)9-21-3/h4-11H,3H2,1-2H3,(H,23,24,27)/b13-7+,14-9+. The number of halogens is 1. The van der Waals surface area contributed by atoms with Crippen LogP contribution in [0, 0.1) is 6.92 Å². The van der Waals surface area contributed by atoms with Gasteiger partial charge in [0.25, 0.3) is 5.91 Å². The molecule has 28 heavy (non-hydrogen) atoms. The second kappa shape index (κ2) is 8.21. The summed E-state index contributed by atoms with van der Waals surface area (Å²) < 4.78 is 20.7. The van der Waals surface area contributed by atoms with E-state index >= 15 is 0 Å². The first kappa shape index (κ1) is 18.9. The van der Waals surface area contributed by atoms with Crippen LogP contribution in [0.4, 0.5) is 10.2 Å². The monoisotopic (exact) mass is 380 g/mol. The van der Waals surface area contributed by atoms with Crippen molar-refractivity contribution in [1.82, 2.24) is 19.6 Å². The molecule has 0 radical (unpaired) electrons. The number of aromatic nitrogens is 4. The second-order valence-electron chi connectivity index (χ2n) is 5.82. The van der Waals surface area contributed by atoms with Crippen LogP contribution >= 0.6 is 0 Å². The Morgan fingerprint density at radius 1 is 1.43 bits per heavy atom. The lowest BCUT2D eigenvalue weighted by atomic mass is 10.2. The largest absolute Gasteiger partial charge is 0.460 e. The number of carbonyl (C=O) groups is 1. The molecule has 1 amide bonds. The molecule has 142 valence electrons. The third-order valence-corrected chi connectivity index (χ3v) is 3.58. The van der Waals surface area contributed by atoms with Gasteiger partial charge in [-0.2, -0.15) is 0 Å². The summed E-state index contributed by atoms with van der Waals surface area (Å²) in [6.45, 7) is 6.59. The van der Waals surface area contributed by atoms with E-state index in [1.165, 1.54) is 12.4 Å². The zero-order chi connectivity index (χ0) is 20.1. The Morgan fingerprint density at radius 2 is 2.25 bits per heavy atom. The summed E-state index contributed by atoms with van der Waals surface area (Å²) in [6.07, 6.45) is 5.14. The zero-order valence-corrected chi connectivity index (χ0v) is 15.3. The summed E-state index contributed by atoms with van der Waals surface area (Å²) in [6, 6.07) is 6.80. The molecule has 0 saturated carbocycles. The predicted octanol–water partition coefficient (Wildman–Crippen LogP) is 3.48. The lowest BCUT2D eigenvalue weighted by Gasteiger charge is -2.10. The highest BCUT2D eigenvalue weighted by atomic mass is 19.1. The summed E-state index contributed by atoms with van der Waals surface area (Å²) in [5, 5.41) is 10.5. The molecule has 0 aromatic carbocycles. The average Bonchev–Trinajstić information content (AvgIpc) is 3.09. The fourth-order valence-corrected chi connectivity index (χ4v) is 2.46. The summed E-state index contributed by atoms with van der Waals surface area (Å²) in [5.41, 5.74) is 1.35. The van der Waals surface area contributed by atoms with Crippen LogP contribution in [0.5, 0.6) is 5.75 Å². The van der Waals surface area contributed by atoms with E-state index in [1.54, 1.807) is 29.7 Å². The molecule has 0 atom stereocenters. The number of nitrogens with zero attached hydrogens (tertiary/aromatic N) is 5. The number of carbonyl (C=O) groups excluding carboxylic acids is 1. The summed E-state index contributed by atoms with van der Waals surface area (Å²) >= 11 is 0. The van der Waals surface area contributed by atoms with Crippen LogP contribution in [0.2, 0.25) is 0 Å². The number of aliphatic imine (C=N–C) groups is 1. The van der Waals surface area contributed by atoms with Crippen molar-refractivity contribution in [2.45, 2.75) is 13.8 Å². The van der Waals surface area contributed by atoms with E-state index in [9.17, 15) is 9.18 Å². The first-order valence-corrected chi connectivity index (χ1v) is 8.22. The topological polar surface area (TPSA) is 93.8 Å². The van der Waals surface area contributed by atoms with Gasteiger partial charge in [0.2, 0.25) is 0 Å². The Labute approximate surface area is 160 Å². The maximum absolute atomic E-state index is 13.5. The first-order chi connectivity index (χ1) is 13.5. The number of fused-ring (bicyclic) bond motifs is 1. The molecule has 0 bridgehead atoms. The van der Waals surface area contributed by atoms with Gasteiger partial charge in [-0.3, -0.25) is 14.2 Å². The molecule has 0 saturated heterocycles. The van der Waals surface area contributed by atoms with Crippen LogP contribution in [0.1, 0.15) is 23.0 Å². The number of hydrogen-bond donors (Lipinski definition) is 1. The maximum Gasteiger partial charge on any atom is 0.260 e. The minimum absolute atomic E-state index is 0.231. The molecule has 3 aromatic heterocycles. The lowest BCUT2D eigenvalue weighted by molar-refractivity contribution is 0.102. The van der Waals surface area contributed by atoms with Crippen molar-refractivity contribution in [3.63, 3.8) is 0 Å². The number of hydrogen-bond acceptors (Lipinski definition) is 6.